The molecule has 0 amide bonds. The summed E-state index contributed by atoms with van der Waals surface area (Å²) >= 11 is 0. The highest BCUT2D eigenvalue weighted by Crippen LogP contribution is 2.52. The minimum Gasteiger partial charge on any atom is -0.455 e. The Balaban J connectivity index is 1.05. The van der Waals surface area contributed by atoms with Crippen molar-refractivity contribution >= 4 is 55.1 Å². The van der Waals surface area contributed by atoms with Crippen LogP contribution in [0.3, 0.4) is 0 Å². The topological polar surface area (TPSA) is 30.1 Å². The lowest BCUT2D eigenvalue weighted by Crippen LogP contribution is -2.16. The molecule has 11 rings (SSSR count). The second-order valence-electron chi connectivity index (χ2n) is 15.0. The standard InChI is InChI=1S/C51H36N2O/c1-51(2)45-23-9-6-18-38(45)41-22-13-21-37(49(41)51)32-14-12-15-34(28-32)52-35-30-42(50-44(31-35)40-20-8-11-25-48(40)54-50)33-26-27-47-43(29-33)39-19-7-10-24-46(39)53(47)36-16-4-3-5-17-36/h3-31,52H,1-2H3. The highest BCUT2D eigenvalue weighted by Gasteiger charge is 2.37. The number of hydrogen-bond donors (Lipinski definition) is 1. The van der Waals surface area contributed by atoms with Crippen molar-refractivity contribution in [2.75, 3.05) is 5.32 Å². The van der Waals surface area contributed by atoms with Crippen molar-refractivity contribution in [2.24, 2.45) is 0 Å². The van der Waals surface area contributed by atoms with Gasteiger partial charge < -0.3 is 14.3 Å². The number of hydrogen-bond acceptors (Lipinski definition) is 2. The molecule has 1 aliphatic rings. The molecule has 0 spiro atoms. The quantitative estimate of drug-likeness (QED) is 0.195. The summed E-state index contributed by atoms with van der Waals surface area (Å²) in [4.78, 5) is 0. The summed E-state index contributed by atoms with van der Waals surface area (Å²) in [5.41, 5.74) is 17.3. The van der Waals surface area contributed by atoms with Gasteiger partial charge in [-0.25, -0.2) is 0 Å². The Morgan fingerprint density at radius 1 is 0.463 bits per heavy atom. The van der Waals surface area contributed by atoms with Crippen molar-refractivity contribution in [1.29, 1.82) is 0 Å². The highest BCUT2D eigenvalue weighted by molar-refractivity contribution is 6.14. The van der Waals surface area contributed by atoms with Crippen molar-refractivity contribution < 1.29 is 4.42 Å². The number of nitrogens with zero attached hydrogens (tertiary/aromatic N) is 1. The summed E-state index contributed by atoms with van der Waals surface area (Å²) in [6.45, 7) is 4.71. The van der Waals surface area contributed by atoms with Gasteiger partial charge in [0.15, 0.2) is 0 Å². The predicted octanol–water partition coefficient (Wildman–Crippen LogP) is 14.1. The van der Waals surface area contributed by atoms with Gasteiger partial charge >= 0.3 is 0 Å². The van der Waals surface area contributed by atoms with Crippen LogP contribution in [0, 0.1) is 0 Å². The van der Waals surface area contributed by atoms with E-state index >= 15 is 0 Å². The van der Waals surface area contributed by atoms with E-state index in [1.165, 1.54) is 55.2 Å². The number of benzene rings is 8. The fraction of sp³-hybridized carbons (Fsp3) is 0.0588. The molecular formula is C51H36N2O. The molecule has 1 N–H and O–H groups in total. The van der Waals surface area contributed by atoms with Crippen molar-refractivity contribution in [2.45, 2.75) is 19.3 Å². The van der Waals surface area contributed by atoms with E-state index in [0.29, 0.717) is 0 Å². The molecule has 1 aliphatic carbocycles. The molecule has 0 bridgehead atoms. The first-order valence-corrected chi connectivity index (χ1v) is 18.7. The number of fused-ring (bicyclic) bond motifs is 9. The molecule has 10 aromatic rings. The molecule has 54 heavy (non-hydrogen) atoms. The number of nitrogens with one attached hydrogen (secondary N) is 1. The van der Waals surface area contributed by atoms with E-state index in [4.69, 9.17) is 4.42 Å². The van der Waals surface area contributed by atoms with Gasteiger partial charge in [-0.2, -0.15) is 0 Å². The zero-order valence-electron chi connectivity index (χ0n) is 30.1. The van der Waals surface area contributed by atoms with E-state index in [-0.39, 0.29) is 5.41 Å². The summed E-state index contributed by atoms with van der Waals surface area (Å²) < 4.78 is 9.01. The molecule has 0 atom stereocenters. The maximum atomic E-state index is 6.65. The van der Waals surface area contributed by atoms with Gasteiger partial charge in [-0.15, -0.1) is 0 Å². The maximum Gasteiger partial charge on any atom is 0.143 e. The zero-order chi connectivity index (χ0) is 36.0. The molecule has 0 radical (unpaired) electrons. The molecule has 2 heterocycles. The van der Waals surface area contributed by atoms with Gasteiger partial charge in [0.25, 0.3) is 0 Å². The van der Waals surface area contributed by atoms with Gasteiger partial charge in [-0.3, -0.25) is 0 Å². The van der Waals surface area contributed by atoms with Gasteiger partial charge in [0.2, 0.25) is 0 Å². The average Bonchev–Trinajstić information content (AvgIpc) is 3.83. The van der Waals surface area contributed by atoms with Crippen molar-refractivity contribution in [3.63, 3.8) is 0 Å². The van der Waals surface area contributed by atoms with E-state index < -0.39 is 0 Å². The number of rotatable bonds is 5. The van der Waals surface area contributed by atoms with E-state index in [1.807, 2.05) is 6.07 Å². The summed E-state index contributed by atoms with van der Waals surface area (Å²) in [5, 5.41) is 8.46. The van der Waals surface area contributed by atoms with Crippen LogP contribution in [-0.2, 0) is 5.41 Å². The molecule has 0 saturated carbocycles. The van der Waals surface area contributed by atoms with Crippen LogP contribution in [0.15, 0.2) is 180 Å². The first-order chi connectivity index (χ1) is 26.5. The fourth-order valence-electron chi connectivity index (χ4n) is 9.13. The highest BCUT2D eigenvalue weighted by atomic mass is 16.3. The number of furan rings is 1. The van der Waals surface area contributed by atoms with Crippen molar-refractivity contribution in [1.82, 2.24) is 4.57 Å². The van der Waals surface area contributed by atoms with Gasteiger partial charge in [0.1, 0.15) is 11.2 Å². The Bertz CT molecular complexity index is 3110. The van der Waals surface area contributed by atoms with Crippen molar-refractivity contribution in [3.8, 4) is 39.1 Å². The molecule has 2 aromatic heterocycles. The lowest BCUT2D eigenvalue weighted by molar-refractivity contribution is 0.662. The summed E-state index contributed by atoms with van der Waals surface area (Å²) in [6.07, 6.45) is 0. The van der Waals surface area contributed by atoms with Crippen LogP contribution in [0.25, 0.3) is 82.8 Å². The molecule has 0 fully saturated rings. The molecule has 0 aliphatic heterocycles. The molecule has 0 unspecified atom stereocenters. The maximum absolute atomic E-state index is 6.65. The van der Waals surface area contributed by atoms with Gasteiger partial charge in [0, 0.05) is 49.6 Å². The third kappa shape index (κ3) is 4.55. The minimum atomic E-state index is -0.0945. The number of anilines is 2. The Hall–Kier alpha value is -6.84. The Labute approximate surface area is 313 Å². The Morgan fingerprint density at radius 2 is 1.17 bits per heavy atom. The van der Waals surface area contributed by atoms with Crippen LogP contribution in [0.4, 0.5) is 11.4 Å². The molecule has 0 saturated heterocycles. The Kier molecular flexibility index (Phi) is 6.60. The van der Waals surface area contributed by atoms with Crippen LogP contribution in [0.5, 0.6) is 0 Å². The van der Waals surface area contributed by atoms with Gasteiger partial charge in [-0.1, -0.05) is 129 Å². The predicted molar refractivity (Wildman–Crippen MR) is 226 cm³/mol. The second kappa shape index (κ2) is 11.6. The monoisotopic (exact) mass is 692 g/mol. The smallest absolute Gasteiger partial charge is 0.143 e. The molecule has 3 heteroatoms. The lowest BCUT2D eigenvalue weighted by Gasteiger charge is -2.24. The molecule has 256 valence electrons. The summed E-state index contributed by atoms with van der Waals surface area (Å²) in [5.74, 6) is 0. The SMILES string of the molecule is CC1(C)c2ccccc2-c2cccc(-c3cccc(Nc4cc(-c5ccc6c(c5)c5ccccc5n6-c5ccccc5)c5oc6ccccc6c5c4)c3)c21. The van der Waals surface area contributed by atoms with E-state index in [1.54, 1.807) is 0 Å². The zero-order valence-corrected chi connectivity index (χ0v) is 30.1. The van der Waals surface area contributed by atoms with Crippen LogP contribution in [0.2, 0.25) is 0 Å². The molecule has 3 nitrogen and oxygen atoms in total. The normalized spacial score (nSPS) is 13.1. The van der Waals surface area contributed by atoms with E-state index in [2.05, 4.69) is 194 Å². The second-order valence-corrected chi connectivity index (χ2v) is 15.0. The summed E-state index contributed by atoms with van der Waals surface area (Å²) in [7, 11) is 0. The first kappa shape index (κ1) is 30.8. The molecular weight excluding hydrogens is 657 g/mol. The number of aromatic nitrogens is 1. The fourth-order valence-corrected chi connectivity index (χ4v) is 9.13. The van der Waals surface area contributed by atoms with Crippen LogP contribution >= 0.6 is 0 Å². The minimum absolute atomic E-state index is 0.0945. The third-order valence-corrected chi connectivity index (χ3v) is 11.5. The lowest BCUT2D eigenvalue weighted by atomic mass is 9.79. The molecule has 8 aromatic carbocycles. The van der Waals surface area contributed by atoms with Crippen LogP contribution in [0.1, 0.15) is 25.0 Å². The van der Waals surface area contributed by atoms with E-state index in [9.17, 15) is 0 Å². The van der Waals surface area contributed by atoms with Crippen LogP contribution in [-0.4, -0.2) is 4.57 Å². The Morgan fingerprint density at radius 3 is 2.07 bits per heavy atom. The summed E-state index contributed by atoms with van der Waals surface area (Å²) in [6, 6.07) is 63.4. The number of para-hydroxylation sites is 3. The first-order valence-electron chi connectivity index (χ1n) is 18.7. The average molecular weight is 693 g/mol. The van der Waals surface area contributed by atoms with Gasteiger partial charge in [-0.05, 0) is 99.6 Å². The third-order valence-electron chi connectivity index (χ3n) is 11.5. The largest absolute Gasteiger partial charge is 0.455 e. The van der Waals surface area contributed by atoms with Crippen molar-refractivity contribution in [3.05, 3.63) is 187 Å². The van der Waals surface area contributed by atoms with E-state index in [0.717, 1.165) is 50.1 Å². The van der Waals surface area contributed by atoms with Gasteiger partial charge in [0.05, 0.1) is 11.0 Å². The van der Waals surface area contributed by atoms with Crippen LogP contribution < -0.4 is 5.32 Å².